The lowest BCUT2D eigenvalue weighted by atomic mass is 9.97. The van der Waals surface area contributed by atoms with Gasteiger partial charge in [0, 0.05) is 12.3 Å². The predicted octanol–water partition coefficient (Wildman–Crippen LogP) is 4.89. The van der Waals surface area contributed by atoms with Crippen LogP contribution in [0.15, 0.2) is 0 Å². The molecule has 75 heavy (non-hydrogen) atoms. The van der Waals surface area contributed by atoms with Gasteiger partial charge in [-0.3, -0.25) is 0 Å². The first-order chi connectivity index (χ1) is 36.0. The number of aliphatic hydroxyl groups is 9. The fourth-order valence-corrected chi connectivity index (χ4v) is 14.1. The van der Waals surface area contributed by atoms with E-state index < -0.39 is 150 Å². The molecule has 0 bridgehead atoms. The number of unbranched alkanes of at least 4 members (excludes halogenated alkanes) is 26. The number of hydrogen-bond acceptors (Lipinski definition) is 19. The quantitative estimate of drug-likeness (QED) is 0.0367. The Kier molecular flexibility index (Phi) is 35.5. The lowest BCUT2D eigenvalue weighted by Crippen LogP contribution is -2.63. The molecule has 0 unspecified atom stereocenters. The molecule has 9 N–H and O–H groups in total. The van der Waals surface area contributed by atoms with Gasteiger partial charge in [0.05, 0.1) is 55.5 Å². The Bertz CT molecular complexity index is 1580. The molecule has 0 aliphatic carbocycles. The van der Waals surface area contributed by atoms with Crippen molar-refractivity contribution < 1.29 is 91.2 Å². The molecule has 3 fully saturated rings. The van der Waals surface area contributed by atoms with Crippen LogP contribution in [0.2, 0.25) is 0 Å². The van der Waals surface area contributed by atoms with Gasteiger partial charge in [0.15, 0.2) is 38.5 Å². The van der Waals surface area contributed by atoms with Crippen molar-refractivity contribution in [1.82, 2.24) is 0 Å². The Morgan fingerprint density at radius 1 is 0.427 bits per heavy atom. The maximum atomic E-state index is 13.6. The summed E-state index contributed by atoms with van der Waals surface area (Å²) in [7, 11) is -7.49. The molecule has 0 radical (unpaired) electrons. The van der Waals surface area contributed by atoms with Crippen molar-refractivity contribution in [2.45, 2.75) is 286 Å². The van der Waals surface area contributed by atoms with Crippen LogP contribution in [-0.4, -0.2) is 198 Å². The molecule has 3 saturated heterocycles. The molecule has 3 aliphatic rings. The summed E-state index contributed by atoms with van der Waals surface area (Å²) < 4.78 is 88.8. The molecule has 19 nitrogen and oxygen atoms in total. The third-order valence-corrected chi connectivity index (χ3v) is 18.8. The standard InChI is InChI=1S/C54H104O19S2/c1-3-5-7-9-11-13-15-17-19-21-23-25-27-29-31-74(64,65)38-40(39-75(66,67)32-30-28-26-24-22-20-18-16-14-12-10-8-6-4-2)37-68-53-50(63)48(61)51(45(36-57)72-53)73-52-41(58)33-42(43(34-55)70-52)69-54-49(62)47(60)46(59)44(35-56)71-54/h40-63H,3-39H2,1-2H3/t41-,42-,43-,44-,45-,46+,47+,48-,49-,50-,51-,52+,53-,54+/m1/s1. The minimum absolute atomic E-state index is 0.111. The van der Waals surface area contributed by atoms with Gasteiger partial charge in [-0.15, -0.1) is 0 Å². The second kappa shape index (κ2) is 38.9. The number of ether oxygens (including phenoxy) is 6. The minimum atomic E-state index is -3.74. The zero-order chi connectivity index (χ0) is 55.1. The van der Waals surface area contributed by atoms with Gasteiger partial charge in [0.1, 0.15) is 61.0 Å². The highest BCUT2D eigenvalue weighted by Gasteiger charge is 2.51. The summed E-state index contributed by atoms with van der Waals surface area (Å²) in [5.41, 5.74) is 0. The molecule has 3 rings (SSSR count). The molecular weight excluding hydrogens is 1020 g/mol. The average molecular weight is 1120 g/mol. The van der Waals surface area contributed by atoms with E-state index in [4.69, 9.17) is 28.4 Å². The number of hydrogen-bond donors (Lipinski definition) is 9. The van der Waals surface area contributed by atoms with E-state index >= 15 is 0 Å². The van der Waals surface area contributed by atoms with Gasteiger partial charge in [0.25, 0.3) is 0 Å². The number of rotatable bonds is 44. The maximum Gasteiger partial charge on any atom is 0.187 e. The van der Waals surface area contributed by atoms with E-state index in [1.807, 2.05) is 0 Å². The van der Waals surface area contributed by atoms with Crippen molar-refractivity contribution >= 4 is 19.7 Å². The second-order valence-electron chi connectivity index (χ2n) is 21.8. The fourth-order valence-electron chi connectivity index (χ4n) is 10.4. The van der Waals surface area contributed by atoms with Gasteiger partial charge in [-0.25, -0.2) is 16.8 Å². The first kappa shape index (κ1) is 68.6. The lowest BCUT2D eigenvalue weighted by molar-refractivity contribution is -0.365. The largest absolute Gasteiger partial charge is 0.394 e. The first-order valence-corrected chi connectivity index (χ1v) is 32.9. The van der Waals surface area contributed by atoms with Gasteiger partial charge in [-0.05, 0) is 12.8 Å². The van der Waals surface area contributed by atoms with Gasteiger partial charge < -0.3 is 74.4 Å². The molecule has 0 spiro atoms. The van der Waals surface area contributed by atoms with Gasteiger partial charge in [-0.2, -0.15) is 0 Å². The van der Waals surface area contributed by atoms with Crippen molar-refractivity contribution in [3.63, 3.8) is 0 Å². The summed E-state index contributed by atoms with van der Waals surface area (Å²) in [6, 6.07) is 0. The molecule has 0 amide bonds. The summed E-state index contributed by atoms with van der Waals surface area (Å²) in [5, 5.41) is 94.5. The summed E-state index contributed by atoms with van der Waals surface area (Å²) in [4.78, 5) is 0. The van der Waals surface area contributed by atoms with Gasteiger partial charge >= 0.3 is 0 Å². The molecular formula is C54H104O19S2. The Morgan fingerprint density at radius 2 is 0.800 bits per heavy atom. The Morgan fingerprint density at radius 3 is 1.21 bits per heavy atom. The average Bonchev–Trinajstić information content (AvgIpc) is 3.38. The highest BCUT2D eigenvalue weighted by atomic mass is 32.2. The summed E-state index contributed by atoms with van der Waals surface area (Å²) in [6.07, 6.45) is 8.99. The predicted molar refractivity (Wildman–Crippen MR) is 285 cm³/mol. The molecule has 0 aromatic rings. The minimum Gasteiger partial charge on any atom is -0.394 e. The van der Waals surface area contributed by atoms with Crippen LogP contribution < -0.4 is 0 Å². The van der Waals surface area contributed by atoms with Crippen molar-refractivity contribution in [3.8, 4) is 0 Å². The van der Waals surface area contributed by atoms with E-state index in [9.17, 15) is 62.8 Å². The van der Waals surface area contributed by atoms with Crippen molar-refractivity contribution in [2.24, 2.45) is 5.92 Å². The van der Waals surface area contributed by atoms with E-state index in [-0.39, 0.29) is 17.9 Å². The normalized spacial score (nSPS) is 29.9. The van der Waals surface area contributed by atoms with E-state index in [0.29, 0.717) is 12.8 Å². The van der Waals surface area contributed by atoms with Crippen molar-refractivity contribution in [1.29, 1.82) is 0 Å². The summed E-state index contributed by atoms with van der Waals surface area (Å²) >= 11 is 0. The van der Waals surface area contributed by atoms with Crippen LogP contribution in [0.25, 0.3) is 0 Å². The molecule has 0 aromatic carbocycles. The van der Waals surface area contributed by atoms with Crippen LogP contribution in [-0.2, 0) is 48.1 Å². The van der Waals surface area contributed by atoms with E-state index in [1.54, 1.807) is 0 Å². The maximum absolute atomic E-state index is 13.6. The summed E-state index contributed by atoms with van der Waals surface area (Å²) in [5.74, 6) is -2.21. The zero-order valence-corrected chi connectivity index (χ0v) is 47.4. The van der Waals surface area contributed by atoms with Gasteiger partial charge in [0.2, 0.25) is 0 Å². The molecule has 3 aliphatic heterocycles. The molecule has 3 heterocycles. The first-order valence-electron chi connectivity index (χ1n) is 29.2. The van der Waals surface area contributed by atoms with Crippen LogP contribution in [0.5, 0.6) is 0 Å². The number of aliphatic hydroxyl groups excluding tert-OH is 9. The summed E-state index contributed by atoms with van der Waals surface area (Å²) in [6.45, 7) is 1.75. The monoisotopic (exact) mass is 1120 g/mol. The highest BCUT2D eigenvalue weighted by molar-refractivity contribution is 7.92. The molecule has 0 saturated carbocycles. The van der Waals surface area contributed by atoms with Crippen LogP contribution in [0, 0.1) is 5.92 Å². The van der Waals surface area contributed by atoms with Crippen LogP contribution in [0.3, 0.4) is 0 Å². The molecule has 21 heteroatoms. The number of sulfone groups is 2. The van der Waals surface area contributed by atoms with E-state index in [1.165, 1.54) is 116 Å². The highest BCUT2D eigenvalue weighted by Crippen LogP contribution is 2.33. The topological polar surface area (TPSA) is 306 Å². The van der Waals surface area contributed by atoms with Crippen LogP contribution in [0.4, 0.5) is 0 Å². The smallest absolute Gasteiger partial charge is 0.187 e. The Hall–Kier alpha value is -0.700. The molecule has 446 valence electrons. The Balaban J connectivity index is 1.55. The second-order valence-corrected chi connectivity index (χ2v) is 26.3. The van der Waals surface area contributed by atoms with E-state index in [0.717, 1.165) is 51.4 Å². The molecule has 14 atom stereocenters. The SMILES string of the molecule is CCCCCCCCCCCCCCCCS(=O)(=O)CC(CO[C@@H]1O[C@H](CO)[C@@H](O[C@@H]2O[C@H](CO)[C@H](O[C@H]3O[C@H](CO)[C@H](O)[C@H](O)[C@H]3O)C[C@H]2O)[C@H](O)[C@H]1O)CS(=O)(=O)CCCCCCCCCCCCCCCC. The van der Waals surface area contributed by atoms with E-state index in [2.05, 4.69) is 13.8 Å². The molecule has 0 aromatic heterocycles. The third kappa shape index (κ3) is 26.6. The van der Waals surface area contributed by atoms with Crippen molar-refractivity contribution in [2.75, 3.05) is 49.4 Å². The van der Waals surface area contributed by atoms with Crippen LogP contribution >= 0.6 is 0 Å². The fraction of sp³-hybridized carbons (Fsp3) is 1.00. The zero-order valence-electron chi connectivity index (χ0n) is 45.7. The van der Waals surface area contributed by atoms with Crippen LogP contribution in [0.1, 0.15) is 200 Å². The lowest BCUT2D eigenvalue weighted by Gasteiger charge is -2.46. The third-order valence-electron chi connectivity index (χ3n) is 15.1. The van der Waals surface area contributed by atoms with Gasteiger partial charge in [-0.1, -0.05) is 181 Å². The van der Waals surface area contributed by atoms with Crippen molar-refractivity contribution in [3.05, 3.63) is 0 Å². The Labute approximate surface area is 450 Å².